The fourth-order valence-electron chi connectivity index (χ4n) is 3.77. The van der Waals surface area contributed by atoms with Gasteiger partial charge in [0.1, 0.15) is 0 Å². The summed E-state index contributed by atoms with van der Waals surface area (Å²) in [5.74, 6) is 11.6. The van der Waals surface area contributed by atoms with Crippen molar-refractivity contribution in [3.63, 3.8) is 0 Å². The molecule has 2 atom stereocenters. The Morgan fingerprint density at radius 3 is 2.88 bits per heavy atom. The van der Waals surface area contributed by atoms with Gasteiger partial charge in [0.15, 0.2) is 0 Å². The number of fused-ring (bicyclic) bond motifs is 1. The molecule has 0 spiro atoms. The summed E-state index contributed by atoms with van der Waals surface area (Å²) in [6.07, 6.45) is 3.33. The van der Waals surface area contributed by atoms with Crippen LogP contribution >= 0.6 is 11.3 Å². The standard InChI is InChI=1S/C23H25N3O4S2/c1-23(15-32(29)30,22(27)25-28)11-10-21-24-19-9-6-16(12-20(19)31-21)4-2-3-5-17-13-26(14-17)18-7-8-18/h6,9,12,17-18,28H,7-8,10-11,13-15H2,1H3,(H,25,27)(H,29,30)/p-1/t23-/m0/s1. The Hall–Kier alpha value is -2.27. The van der Waals surface area contributed by atoms with Gasteiger partial charge in [0.05, 0.1) is 20.6 Å². The molecular formula is C23H24N3O4S2-. The third kappa shape index (κ3) is 5.55. The van der Waals surface area contributed by atoms with Gasteiger partial charge < -0.3 is 4.55 Å². The van der Waals surface area contributed by atoms with Crippen LogP contribution in [-0.4, -0.2) is 54.6 Å². The highest BCUT2D eigenvalue weighted by Crippen LogP contribution is 2.32. The van der Waals surface area contributed by atoms with Crippen LogP contribution in [0.3, 0.4) is 0 Å². The molecule has 0 radical (unpaired) electrons. The number of rotatable bonds is 7. The lowest BCUT2D eigenvalue weighted by molar-refractivity contribution is -0.138. The Bertz CT molecular complexity index is 1160. The Morgan fingerprint density at radius 2 is 2.19 bits per heavy atom. The van der Waals surface area contributed by atoms with E-state index in [0.29, 0.717) is 12.3 Å². The van der Waals surface area contributed by atoms with Gasteiger partial charge in [0.2, 0.25) is 5.91 Å². The van der Waals surface area contributed by atoms with Crippen molar-refractivity contribution in [3.8, 4) is 23.7 Å². The van der Waals surface area contributed by atoms with E-state index in [2.05, 4.69) is 33.6 Å². The van der Waals surface area contributed by atoms with Crippen LogP contribution in [0.2, 0.25) is 0 Å². The Balaban J connectivity index is 1.38. The van der Waals surface area contributed by atoms with E-state index in [1.165, 1.54) is 31.1 Å². The van der Waals surface area contributed by atoms with Crippen LogP contribution in [-0.2, 0) is 22.3 Å². The van der Waals surface area contributed by atoms with Crippen LogP contribution in [0.5, 0.6) is 0 Å². The second-order valence-electron chi connectivity index (χ2n) is 8.64. The molecule has 1 aromatic carbocycles. The van der Waals surface area contributed by atoms with E-state index < -0.39 is 22.4 Å². The fourth-order valence-corrected chi connectivity index (χ4v) is 5.57. The summed E-state index contributed by atoms with van der Waals surface area (Å²) in [5, 5.41) is 9.75. The largest absolute Gasteiger partial charge is 0.772 e. The topological polar surface area (TPSA) is 106 Å². The van der Waals surface area contributed by atoms with Crippen LogP contribution in [0.4, 0.5) is 0 Å². The summed E-state index contributed by atoms with van der Waals surface area (Å²) in [5.41, 5.74) is 2.03. The Morgan fingerprint density at radius 1 is 1.41 bits per heavy atom. The zero-order valence-electron chi connectivity index (χ0n) is 17.7. The first-order valence-electron chi connectivity index (χ1n) is 10.5. The smallest absolute Gasteiger partial charge is 0.250 e. The van der Waals surface area contributed by atoms with Crippen molar-refractivity contribution in [2.75, 3.05) is 18.8 Å². The van der Waals surface area contributed by atoms with Crippen molar-refractivity contribution in [1.82, 2.24) is 15.4 Å². The van der Waals surface area contributed by atoms with Gasteiger partial charge in [-0.2, -0.15) is 0 Å². The zero-order valence-corrected chi connectivity index (χ0v) is 19.4. The second kappa shape index (κ2) is 9.70. The third-order valence-corrected chi connectivity index (χ3v) is 7.88. The monoisotopic (exact) mass is 470 g/mol. The molecule has 9 heteroatoms. The highest BCUT2D eigenvalue weighted by atomic mass is 32.2. The average molecular weight is 471 g/mol. The van der Waals surface area contributed by atoms with E-state index in [1.54, 1.807) is 5.48 Å². The number of thiazole rings is 1. The molecule has 168 valence electrons. The van der Waals surface area contributed by atoms with Gasteiger partial charge >= 0.3 is 0 Å². The molecule has 1 amide bonds. The SMILES string of the molecule is C[C@](CCc1nc2ccc(C#CC#CC3CN(C4CC4)C3)cc2s1)(CS(=O)[O-])C(=O)NO. The van der Waals surface area contributed by atoms with Gasteiger partial charge in [-0.3, -0.25) is 19.1 Å². The second-order valence-corrected chi connectivity index (χ2v) is 10.7. The molecule has 2 heterocycles. The maximum atomic E-state index is 12.0. The molecule has 4 rings (SSSR count). The first-order chi connectivity index (χ1) is 15.4. The van der Waals surface area contributed by atoms with E-state index in [-0.39, 0.29) is 12.2 Å². The number of nitrogens with zero attached hydrogens (tertiary/aromatic N) is 2. The van der Waals surface area contributed by atoms with Gasteiger partial charge in [0, 0.05) is 42.8 Å². The number of carbonyl (C=O) groups is 1. The van der Waals surface area contributed by atoms with E-state index >= 15 is 0 Å². The molecule has 2 N–H and O–H groups in total. The third-order valence-electron chi connectivity index (χ3n) is 5.93. The summed E-state index contributed by atoms with van der Waals surface area (Å²) in [7, 11) is 0. The molecule has 1 saturated carbocycles. The number of aromatic nitrogens is 1. The van der Waals surface area contributed by atoms with Crippen molar-refractivity contribution in [2.24, 2.45) is 11.3 Å². The van der Waals surface area contributed by atoms with Gasteiger partial charge in [-0.05, 0) is 56.2 Å². The lowest BCUT2D eigenvalue weighted by Crippen LogP contribution is -2.47. The molecule has 2 aromatic rings. The summed E-state index contributed by atoms with van der Waals surface area (Å²) in [6.45, 7) is 3.65. The van der Waals surface area contributed by atoms with Crippen molar-refractivity contribution >= 4 is 38.5 Å². The molecule has 1 aliphatic carbocycles. The number of benzene rings is 1. The molecule has 2 aliphatic rings. The van der Waals surface area contributed by atoms with Crippen LogP contribution < -0.4 is 5.48 Å². The maximum absolute atomic E-state index is 12.0. The Labute approximate surface area is 193 Å². The highest BCUT2D eigenvalue weighted by Gasteiger charge is 2.37. The molecule has 1 aromatic heterocycles. The van der Waals surface area contributed by atoms with Crippen molar-refractivity contribution in [3.05, 3.63) is 28.8 Å². The van der Waals surface area contributed by atoms with E-state index in [0.717, 1.165) is 39.9 Å². The van der Waals surface area contributed by atoms with E-state index in [4.69, 9.17) is 5.21 Å². The first-order valence-corrected chi connectivity index (χ1v) is 12.6. The number of amides is 1. The molecule has 1 aliphatic heterocycles. The van der Waals surface area contributed by atoms with Crippen molar-refractivity contribution in [2.45, 2.75) is 38.6 Å². The molecule has 2 fully saturated rings. The molecule has 1 unspecified atom stereocenters. The predicted molar refractivity (Wildman–Crippen MR) is 123 cm³/mol. The number of nitrogens with one attached hydrogen (secondary N) is 1. The molecule has 32 heavy (non-hydrogen) atoms. The lowest BCUT2D eigenvalue weighted by Gasteiger charge is -2.36. The minimum absolute atomic E-state index is 0.245. The number of hydrogen-bond donors (Lipinski definition) is 2. The first kappa shape index (κ1) is 22.9. The zero-order chi connectivity index (χ0) is 22.7. The normalized spacial score (nSPS) is 19.1. The summed E-state index contributed by atoms with van der Waals surface area (Å²) in [6, 6.07) is 6.59. The molecule has 1 saturated heterocycles. The number of aryl methyl sites for hydroxylation is 1. The van der Waals surface area contributed by atoms with E-state index in [9.17, 15) is 13.6 Å². The average Bonchev–Trinajstić information content (AvgIpc) is 3.47. The minimum atomic E-state index is -2.41. The van der Waals surface area contributed by atoms with Gasteiger partial charge in [-0.25, -0.2) is 10.5 Å². The van der Waals surface area contributed by atoms with E-state index in [1.807, 2.05) is 18.2 Å². The maximum Gasteiger partial charge on any atom is 0.250 e. The summed E-state index contributed by atoms with van der Waals surface area (Å²) in [4.78, 5) is 19.0. The lowest BCUT2D eigenvalue weighted by atomic mass is 9.87. The van der Waals surface area contributed by atoms with Crippen molar-refractivity contribution < 1.29 is 18.8 Å². The van der Waals surface area contributed by atoms with Gasteiger partial charge in [-0.15, -0.1) is 11.3 Å². The fraction of sp³-hybridized carbons (Fsp3) is 0.478. The summed E-state index contributed by atoms with van der Waals surface area (Å²) < 4.78 is 23.2. The number of hydroxylamine groups is 1. The number of carbonyl (C=O) groups excluding carboxylic acids is 1. The van der Waals surface area contributed by atoms with Crippen molar-refractivity contribution in [1.29, 1.82) is 0 Å². The van der Waals surface area contributed by atoms with Crippen LogP contribution in [0.1, 0.15) is 36.8 Å². The van der Waals surface area contributed by atoms with Crippen LogP contribution in [0.25, 0.3) is 10.2 Å². The Kier molecular flexibility index (Phi) is 6.94. The predicted octanol–water partition coefficient (Wildman–Crippen LogP) is 2.07. The summed E-state index contributed by atoms with van der Waals surface area (Å²) >= 11 is -0.919. The molecular weight excluding hydrogens is 446 g/mol. The van der Waals surface area contributed by atoms with Crippen LogP contribution in [0.15, 0.2) is 18.2 Å². The van der Waals surface area contributed by atoms with Crippen LogP contribution in [0, 0.1) is 35.0 Å². The van der Waals surface area contributed by atoms with Gasteiger partial charge in [-0.1, -0.05) is 22.9 Å². The highest BCUT2D eigenvalue weighted by molar-refractivity contribution is 7.79. The molecule has 7 nitrogen and oxygen atoms in total. The quantitative estimate of drug-likeness (QED) is 0.278. The minimum Gasteiger partial charge on any atom is -0.772 e. The van der Waals surface area contributed by atoms with Gasteiger partial charge in [0.25, 0.3) is 0 Å². The molecule has 0 bridgehead atoms. The number of likely N-dealkylation sites (tertiary alicyclic amines) is 1. The number of hydrogen-bond acceptors (Lipinski definition) is 7.